The lowest BCUT2D eigenvalue weighted by molar-refractivity contribution is -0.118. The predicted octanol–water partition coefficient (Wildman–Crippen LogP) is 9.87. The van der Waals surface area contributed by atoms with Gasteiger partial charge in [-0.05, 0) is 48.1 Å². The lowest BCUT2D eigenvalue weighted by Gasteiger charge is -2.15. The lowest BCUT2D eigenvalue weighted by atomic mass is 10.1. The van der Waals surface area contributed by atoms with E-state index in [0.717, 1.165) is 30.8 Å². The van der Waals surface area contributed by atoms with Gasteiger partial charge in [0.25, 0.3) is 5.91 Å². The smallest absolute Gasteiger partial charge is 0.262 e. The summed E-state index contributed by atoms with van der Waals surface area (Å²) in [5.41, 5.74) is 1.83. The van der Waals surface area contributed by atoms with Gasteiger partial charge in [0.05, 0.1) is 12.5 Å². The molecular formula is C33H48BrFN2O3S. The molecular weight excluding hydrogens is 603 g/mol. The van der Waals surface area contributed by atoms with Gasteiger partial charge in [0, 0.05) is 24.5 Å². The number of thioether (sulfide) groups is 1. The van der Waals surface area contributed by atoms with Gasteiger partial charge in [-0.2, -0.15) is 0 Å². The van der Waals surface area contributed by atoms with Crippen LogP contribution in [0.25, 0.3) is 0 Å². The molecule has 1 aliphatic rings. The number of anilines is 1. The summed E-state index contributed by atoms with van der Waals surface area (Å²) in [5, 5.41) is 2.86. The van der Waals surface area contributed by atoms with E-state index in [1.807, 2.05) is 36.0 Å². The fraction of sp³-hybridized carbons (Fsp3) is 0.545. The van der Waals surface area contributed by atoms with Crippen LogP contribution < -0.4 is 14.8 Å². The summed E-state index contributed by atoms with van der Waals surface area (Å²) in [5.74, 6) is 0.688. The fourth-order valence-electron chi connectivity index (χ4n) is 4.75. The highest BCUT2D eigenvalue weighted by Gasteiger charge is 2.11. The number of carbonyl (C=O) groups is 1. The molecule has 0 bridgehead atoms. The minimum Gasteiger partial charge on any atom is -0.491 e. The molecule has 3 rings (SSSR count). The van der Waals surface area contributed by atoms with Crippen molar-refractivity contribution in [2.75, 3.05) is 24.4 Å². The average molecular weight is 652 g/mol. The van der Waals surface area contributed by atoms with Crippen LogP contribution >= 0.6 is 28.7 Å². The fourth-order valence-corrected chi connectivity index (χ4v) is 5.51. The van der Waals surface area contributed by atoms with E-state index in [4.69, 9.17) is 9.47 Å². The van der Waals surface area contributed by atoms with Crippen LogP contribution in [0.1, 0.15) is 96.5 Å². The number of nitrogens with one attached hydrogen (secondary N) is 1. The number of benzene rings is 2. The zero-order valence-electron chi connectivity index (χ0n) is 24.8. The lowest BCUT2D eigenvalue weighted by Crippen LogP contribution is -2.20. The molecule has 0 fully saturated rings. The van der Waals surface area contributed by atoms with E-state index in [-0.39, 0.29) is 35.2 Å². The number of ether oxygens (including phenoxy) is 2. The zero-order chi connectivity index (χ0) is 28.4. The van der Waals surface area contributed by atoms with Crippen LogP contribution in [0.3, 0.4) is 0 Å². The third-order valence-corrected chi connectivity index (χ3v) is 7.97. The van der Waals surface area contributed by atoms with Crippen LogP contribution in [0.15, 0.2) is 53.6 Å². The van der Waals surface area contributed by atoms with Crippen molar-refractivity contribution in [3.8, 4) is 11.5 Å². The Bertz CT molecular complexity index is 1070. The van der Waals surface area contributed by atoms with Crippen molar-refractivity contribution in [1.29, 1.82) is 0 Å². The van der Waals surface area contributed by atoms with Gasteiger partial charge in [-0.1, -0.05) is 89.7 Å². The molecule has 41 heavy (non-hydrogen) atoms. The van der Waals surface area contributed by atoms with Gasteiger partial charge >= 0.3 is 0 Å². The maximum Gasteiger partial charge on any atom is 0.262 e. The molecule has 0 radical (unpaired) electrons. The van der Waals surface area contributed by atoms with E-state index in [9.17, 15) is 9.18 Å². The van der Waals surface area contributed by atoms with E-state index in [0.29, 0.717) is 18.0 Å². The number of amides is 1. The highest BCUT2D eigenvalue weighted by Crippen LogP contribution is 2.26. The summed E-state index contributed by atoms with van der Waals surface area (Å²) in [6, 6.07) is 12.3. The molecule has 1 aliphatic heterocycles. The van der Waals surface area contributed by atoms with Crippen molar-refractivity contribution in [3.63, 3.8) is 0 Å². The molecule has 1 amide bonds. The number of rotatable bonds is 20. The van der Waals surface area contributed by atoms with E-state index >= 15 is 0 Å². The summed E-state index contributed by atoms with van der Waals surface area (Å²) >= 11 is 1.82. The first-order valence-corrected chi connectivity index (χ1v) is 16.0. The zero-order valence-corrected chi connectivity index (χ0v) is 27.3. The topological polar surface area (TPSA) is 50.8 Å². The Morgan fingerprint density at radius 1 is 0.927 bits per heavy atom. The van der Waals surface area contributed by atoms with Crippen molar-refractivity contribution in [3.05, 3.63) is 65.0 Å². The standard InChI is InChI=1S/C33H47FN2O3S.BrH/c1-3-4-5-6-7-8-9-10-11-12-13-14-20-38-32-19-18-30(22-31(32)34)39-25-33(37)35-29-17-15-16-28(21-29)24-36-23-27(2)40-26-36;/h15-19,21-23H,3-14,20,24-26H2,1-2H3,(H,35,37);1H. The van der Waals surface area contributed by atoms with Gasteiger partial charge in [0.2, 0.25) is 0 Å². The Kier molecular flexibility index (Phi) is 17.6. The SMILES string of the molecule is Br.CCCCCCCCCCCCCCOc1ccc(OCC(=O)Nc2cccc(CN3C=C(C)SC3)c2)cc1F. The molecule has 8 heteroatoms. The van der Waals surface area contributed by atoms with Crippen LogP contribution in [0.4, 0.5) is 10.1 Å². The molecule has 5 nitrogen and oxygen atoms in total. The summed E-state index contributed by atoms with van der Waals surface area (Å²) in [7, 11) is 0. The summed E-state index contributed by atoms with van der Waals surface area (Å²) < 4.78 is 25.6. The Hall–Kier alpha value is -2.19. The minimum atomic E-state index is -0.478. The molecule has 0 aliphatic carbocycles. The van der Waals surface area contributed by atoms with Crippen LogP contribution in [0.5, 0.6) is 11.5 Å². The first-order chi connectivity index (χ1) is 19.5. The number of carbonyl (C=O) groups excluding carboxylic acids is 1. The molecule has 0 unspecified atom stereocenters. The van der Waals surface area contributed by atoms with Gasteiger partial charge in [0.1, 0.15) is 5.75 Å². The first-order valence-electron chi connectivity index (χ1n) is 15.0. The van der Waals surface area contributed by atoms with Gasteiger partial charge in [-0.25, -0.2) is 4.39 Å². The van der Waals surface area contributed by atoms with Crippen molar-refractivity contribution in [1.82, 2.24) is 4.90 Å². The average Bonchev–Trinajstić information content (AvgIpc) is 3.35. The molecule has 0 aromatic heterocycles. The Balaban J connectivity index is 0.00000588. The second-order valence-corrected chi connectivity index (χ2v) is 11.8. The van der Waals surface area contributed by atoms with E-state index in [1.54, 1.807) is 12.1 Å². The van der Waals surface area contributed by atoms with Crippen LogP contribution in [0.2, 0.25) is 0 Å². The highest BCUT2D eigenvalue weighted by molar-refractivity contribution is 8.93. The van der Waals surface area contributed by atoms with Gasteiger partial charge < -0.3 is 19.7 Å². The van der Waals surface area contributed by atoms with Gasteiger partial charge in [-0.15, -0.1) is 28.7 Å². The molecule has 2 aromatic rings. The molecule has 1 N–H and O–H groups in total. The van der Waals surface area contributed by atoms with Crippen LogP contribution in [-0.2, 0) is 11.3 Å². The third kappa shape index (κ3) is 14.5. The normalized spacial score (nSPS) is 12.6. The van der Waals surface area contributed by atoms with Crippen LogP contribution in [-0.4, -0.2) is 29.9 Å². The molecule has 0 atom stereocenters. The summed E-state index contributed by atoms with van der Waals surface area (Å²) in [6.07, 6.45) is 17.5. The summed E-state index contributed by atoms with van der Waals surface area (Å²) in [4.78, 5) is 16.0. The molecule has 0 saturated heterocycles. The Morgan fingerprint density at radius 2 is 1.61 bits per heavy atom. The minimum absolute atomic E-state index is 0. The number of unbranched alkanes of at least 4 members (excludes halogenated alkanes) is 11. The third-order valence-electron chi connectivity index (χ3n) is 6.95. The number of allylic oxidation sites excluding steroid dienone is 1. The Labute approximate surface area is 261 Å². The van der Waals surface area contributed by atoms with E-state index in [1.165, 1.54) is 75.2 Å². The largest absolute Gasteiger partial charge is 0.491 e. The van der Waals surface area contributed by atoms with Crippen LogP contribution in [0, 0.1) is 5.82 Å². The van der Waals surface area contributed by atoms with E-state index in [2.05, 4.69) is 30.3 Å². The Morgan fingerprint density at radius 3 is 2.24 bits per heavy atom. The predicted molar refractivity (Wildman–Crippen MR) is 176 cm³/mol. The van der Waals surface area contributed by atoms with E-state index < -0.39 is 5.82 Å². The summed E-state index contributed by atoms with van der Waals surface area (Å²) in [6.45, 7) is 5.45. The second kappa shape index (κ2) is 20.6. The molecule has 228 valence electrons. The number of hydrogen-bond donors (Lipinski definition) is 1. The monoisotopic (exact) mass is 650 g/mol. The van der Waals surface area contributed by atoms with Gasteiger partial charge in [-0.3, -0.25) is 4.79 Å². The number of halogens is 2. The molecule has 0 saturated carbocycles. The van der Waals surface area contributed by atoms with Crippen molar-refractivity contribution >= 4 is 40.3 Å². The first kappa shape index (κ1) is 35.0. The van der Waals surface area contributed by atoms with Crippen molar-refractivity contribution < 1.29 is 18.7 Å². The van der Waals surface area contributed by atoms with Crippen molar-refractivity contribution in [2.45, 2.75) is 97.4 Å². The van der Waals surface area contributed by atoms with Crippen molar-refractivity contribution in [2.24, 2.45) is 0 Å². The van der Waals surface area contributed by atoms with Gasteiger partial charge in [0.15, 0.2) is 18.2 Å². The highest BCUT2D eigenvalue weighted by atomic mass is 79.9. The molecule has 1 heterocycles. The second-order valence-electron chi connectivity index (χ2n) is 10.6. The maximum absolute atomic E-state index is 14.5. The number of hydrogen-bond acceptors (Lipinski definition) is 5. The molecule has 0 spiro atoms. The quantitative estimate of drug-likeness (QED) is 0.145. The maximum atomic E-state index is 14.5. The number of nitrogens with zero attached hydrogens (tertiary/aromatic N) is 1. The molecule has 2 aromatic carbocycles.